The Bertz CT molecular complexity index is 717. The maximum atomic E-state index is 13.2. The number of hydrogen-bond acceptors (Lipinski definition) is 2. The summed E-state index contributed by atoms with van der Waals surface area (Å²) in [6.45, 7) is 4.50. The molecular formula is C21H25FN2O2. The smallest absolute Gasteiger partial charge is 0.242 e. The minimum absolute atomic E-state index is 0.126. The summed E-state index contributed by atoms with van der Waals surface area (Å²) >= 11 is 0. The van der Waals surface area contributed by atoms with E-state index in [2.05, 4.69) is 5.32 Å². The molecule has 26 heavy (non-hydrogen) atoms. The number of halogens is 1. The SMILES string of the molecule is CCNC(=O)[C@@H](CC)N(Cc1ccc(F)cc1)C(=O)Cc1ccccc1. The van der Waals surface area contributed by atoms with Gasteiger partial charge in [0.15, 0.2) is 0 Å². The van der Waals surface area contributed by atoms with E-state index in [0.717, 1.165) is 11.1 Å². The Morgan fingerprint density at radius 1 is 1.00 bits per heavy atom. The molecule has 4 nitrogen and oxygen atoms in total. The van der Waals surface area contributed by atoms with Gasteiger partial charge in [0.25, 0.3) is 0 Å². The molecule has 5 heteroatoms. The van der Waals surface area contributed by atoms with Crippen molar-refractivity contribution in [1.82, 2.24) is 10.2 Å². The molecule has 0 bridgehead atoms. The number of amides is 2. The number of hydrogen-bond donors (Lipinski definition) is 1. The van der Waals surface area contributed by atoms with Crippen LogP contribution < -0.4 is 5.32 Å². The largest absolute Gasteiger partial charge is 0.355 e. The minimum atomic E-state index is -0.559. The van der Waals surface area contributed by atoms with Crippen molar-refractivity contribution in [1.29, 1.82) is 0 Å². The van der Waals surface area contributed by atoms with Gasteiger partial charge in [0.1, 0.15) is 11.9 Å². The first kappa shape index (κ1) is 19.6. The zero-order valence-corrected chi connectivity index (χ0v) is 15.2. The fraction of sp³-hybridized carbons (Fsp3) is 0.333. The molecule has 1 N–H and O–H groups in total. The number of nitrogens with zero attached hydrogens (tertiary/aromatic N) is 1. The summed E-state index contributed by atoms with van der Waals surface area (Å²) < 4.78 is 13.2. The predicted molar refractivity (Wildman–Crippen MR) is 99.9 cm³/mol. The molecule has 2 amide bonds. The second-order valence-corrected chi connectivity index (χ2v) is 6.13. The summed E-state index contributed by atoms with van der Waals surface area (Å²) in [5.74, 6) is -0.621. The van der Waals surface area contributed by atoms with Gasteiger partial charge in [-0.05, 0) is 36.6 Å². The number of likely N-dealkylation sites (N-methyl/N-ethyl adjacent to an activating group) is 1. The molecule has 2 aromatic carbocycles. The third-order valence-corrected chi connectivity index (χ3v) is 4.20. The first-order valence-electron chi connectivity index (χ1n) is 8.90. The van der Waals surface area contributed by atoms with Gasteiger partial charge in [0, 0.05) is 13.1 Å². The van der Waals surface area contributed by atoms with E-state index in [1.54, 1.807) is 17.0 Å². The van der Waals surface area contributed by atoms with Crippen molar-refractivity contribution >= 4 is 11.8 Å². The number of nitrogens with one attached hydrogen (secondary N) is 1. The molecule has 0 aromatic heterocycles. The average Bonchev–Trinajstić information content (AvgIpc) is 2.64. The molecule has 0 heterocycles. The topological polar surface area (TPSA) is 49.4 Å². The van der Waals surface area contributed by atoms with Crippen molar-refractivity contribution in [3.63, 3.8) is 0 Å². The van der Waals surface area contributed by atoms with Gasteiger partial charge in [-0.2, -0.15) is 0 Å². The summed E-state index contributed by atoms with van der Waals surface area (Å²) in [5.41, 5.74) is 1.68. The molecule has 0 fully saturated rings. The molecule has 2 rings (SSSR count). The quantitative estimate of drug-likeness (QED) is 0.789. The zero-order chi connectivity index (χ0) is 18.9. The number of benzene rings is 2. The van der Waals surface area contributed by atoms with Crippen LogP contribution in [0.25, 0.3) is 0 Å². The van der Waals surface area contributed by atoms with Crippen LogP contribution in [0.1, 0.15) is 31.4 Å². The van der Waals surface area contributed by atoms with Crippen LogP contribution in [-0.2, 0) is 22.6 Å². The first-order valence-corrected chi connectivity index (χ1v) is 8.90. The highest BCUT2D eigenvalue weighted by atomic mass is 19.1. The molecule has 0 saturated carbocycles. The Balaban J connectivity index is 2.25. The molecule has 2 aromatic rings. The summed E-state index contributed by atoms with van der Waals surface area (Å²) in [6.07, 6.45) is 0.728. The van der Waals surface area contributed by atoms with Gasteiger partial charge in [0.2, 0.25) is 11.8 Å². The standard InChI is InChI=1S/C21H25FN2O2/c1-3-19(21(26)23-4-2)24(15-17-10-12-18(22)13-11-17)20(25)14-16-8-6-5-7-9-16/h5-13,19H,3-4,14-15H2,1-2H3,(H,23,26)/t19-/m1/s1. The van der Waals surface area contributed by atoms with Gasteiger partial charge in [-0.1, -0.05) is 49.4 Å². The third kappa shape index (κ3) is 5.41. The van der Waals surface area contributed by atoms with Gasteiger partial charge in [0.05, 0.1) is 6.42 Å². The van der Waals surface area contributed by atoms with E-state index in [1.807, 2.05) is 44.2 Å². The molecule has 0 aliphatic heterocycles. The van der Waals surface area contributed by atoms with E-state index in [9.17, 15) is 14.0 Å². The zero-order valence-electron chi connectivity index (χ0n) is 15.2. The van der Waals surface area contributed by atoms with Gasteiger partial charge in [-0.3, -0.25) is 9.59 Å². The van der Waals surface area contributed by atoms with Crippen LogP contribution in [-0.4, -0.2) is 29.3 Å². The molecule has 1 atom stereocenters. The lowest BCUT2D eigenvalue weighted by atomic mass is 10.1. The van der Waals surface area contributed by atoms with Gasteiger partial charge in [-0.25, -0.2) is 4.39 Å². The molecule has 138 valence electrons. The minimum Gasteiger partial charge on any atom is -0.355 e. The third-order valence-electron chi connectivity index (χ3n) is 4.20. The van der Waals surface area contributed by atoms with Crippen molar-refractivity contribution < 1.29 is 14.0 Å². The van der Waals surface area contributed by atoms with Crippen LogP contribution >= 0.6 is 0 Å². The number of carbonyl (C=O) groups is 2. The van der Waals surface area contributed by atoms with Gasteiger partial charge in [-0.15, -0.1) is 0 Å². The summed E-state index contributed by atoms with van der Waals surface area (Å²) in [7, 11) is 0. The number of rotatable bonds is 8. The first-order chi connectivity index (χ1) is 12.5. The van der Waals surface area contributed by atoms with Crippen molar-refractivity contribution in [2.75, 3.05) is 6.54 Å². The van der Waals surface area contributed by atoms with E-state index in [4.69, 9.17) is 0 Å². The lowest BCUT2D eigenvalue weighted by Gasteiger charge is -2.30. The van der Waals surface area contributed by atoms with Crippen LogP contribution in [0.4, 0.5) is 4.39 Å². The average molecular weight is 356 g/mol. The second-order valence-electron chi connectivity index (χ2n) is 6.13. The maximum absolute atomic E-state index is 13.2. The Labute approximate surface area is 154 Å². The molecule has 0 unspecified atom stereocenters. The van der Waals surface area contributed by atoms with E-state index in [1.165, 1.54) is 12.1 Å². The Hall–Kier alpha value is -2.69. The van der Waals surface area contributed by atoms with Crippen LogP contribution in [0.5, 0.6) is 0 Å². The molecule has 0 aliphatic carbocycles. The second kappa shape index (κ2) is 9.70. The van der Waals surface area contributed by atoms with Crippen LogP contribution in [0.3, 0.4) is 0 Å². The van der Waals surface area contributed by atoms with Crippen LogP contribution in [0.15, 0.2) is 54.6 Å². The molecular weight excluding hydrogens is 331 g/mol. The van der Waals surface area contributed by atoms with Gasteiger partial charge < -0.3 is 10.2 Å². The van der Waals surface area contributed by atoms with Crippen molar-refractivity contribution in [3.8, 4) is 0 Å². The molecule has 0 aliphatic rings. The molecule has 0 spiro atoms. The summed E-state index contributed by atoms with van der Waals surface area (Å²) in [6, 6.07) is 14.9. The molecule has 0 saturated heterocycles. The van der Waals surface area contributed by atoms with Crippen molar-refractivity contribution in [3.05, 3.63) is 71.5 Å². The number of carbonyl (C=O) groups excluding carboxylic acids is 2. The summed E-state index contributed by atoms with van der Waals surface area (Å²) in [5, 5.41) is 2.80. The monoisotopic (exact) mass is 356 g/mol. The van der Waals surface area contributed by atoms with E-state index < -0.39 is 6.04 Å². The van der Waals surface area contributed by atoms with E-state index in [-0.39, 0.29) is 30.6 Å². The molecule has 0 radical (unpaired) electrons. The predicted octanol–water partition coefficient (Wildman–Crippen LogP) is 3.31. The van der Waals surface area contributed by atoms with Crippen LogP contribution in [0, 0.1) is 5.82 Å². The highest BCUT2D eigenvalue weighted by molar-refractivity contribution is 5.88. The Morgan fingerprint density at radius 2 is 1.65 bits per heavy atom. The van der Waals surface area contributed by atoms with Crippen LogP contribution in [0.2, 0.25) is 0 Å². The van der Waals surface area contributed by atoms with E-state index >= 15 is 0 Å². The lowest BCUT2D eigenvalue weighted by Crippen LogP contribution is -2.49. The highest BCUT2D eigenvalue weighted by Crippen LogP contribution is 2.15. The lowest BCUT2D eigenvalue weighted by molar-refractivity contribution is -0.140. The fourth-order valence-corrected chi connectivity index (χ4v) is 2.87. The van der Waals surface area contributed by atoms with Crippen molar-refractivity contribution in [2.24, 2.45) is 0 Å². The Morgan fingerprint density at radius 3 is 2.23 bits per heavy atom. The normalized spacial score (nSPS) is 11.7. The highest BCUT2D eigenvalue weighted by Gasteiger charge is 2.28. The fourth-order valence-electron chi connectivity index (χ4n) is 2.87. The summed E-state index contributed by atoms with van der Waals surface area (Å²) in [4.78, 5) is 27.0. The van der Waals surface area contributed by atoms with Crippen molar-refractivity contribution in [2.45, 2.75) is 39.3 Å². The van der Waals surface area contributed by atoms with Gasteiger partial charge >= 0.3 is 0 Å². The maximum Gasteiger partial charge on any atom is 0.242 e. The van der Waals surface area contributed by atoms with E-state index in [0.29, 0.717) is 13.0 Å². The Kier molecular flexibility index (Phi) is 7.33.